The highest BCUT2D eigenvalue weighted by molar-refractivity contribution is 5.83. The zero-order chi connectivity index (χ0) is 15.6. The van der Waals surface area contributed by atoms with Gasteiger partial charge >= 0.3 is 6.09 Å². The molecule has 2 N–H and O–H groups in total. The first-order valence-electron chi connectivity index (χ1n) is 6.99. The summed E-state index contributed by atoms with van der Waals surface area (Å²) in [5.74, 6) is -0.276. The zero-order valence-electron chi connectivity index (χ0n) is 12.8. The number of aromatic amines is 1. The third kappa shape index (κ3) is 4.21. The quantitative estimate of drug-likeness (QED) is 0.905. The maximum absolute atomic E-state index is 13.3. The molecule has 1 heterocycles. The van der Waals surface area contributed by atoms with Gasteiger partial charge < -0.3 is 15.0 Å². The fourth-order valence-electron chi connectivity index (χ4n) is 2.19. The molecule has 4 nitrogen and oxygen atoms in total. The summed E-state index contributed by atoms with van der Waals surface area (Å²) in [6.07, 6.45) is 1.61. The lowest BCUT2D eigenvalue weighted by atomic mass is 10.1. The predicted molar refractivity (Wildman–Crippen MR) is 80.8 cm³/mol. The van der Waals surface area contributed by atoms with Crippen LogP contribution in [0.2, 0.25) is 0 Å². The second-order valence-corrected chi connectivity index (χ2v) is 6.30. The van der Waals surface area contributed by atoms with Crippen molar-refractivity contribution in [1.82, 2.24) is 10.3 Å². The Balaban J connectivity index is 2.03. The van der Waals surface area contributed by atoms with Gasteiger partial charge in [-0.3, -0.25) is 0 Å². The van der Waals surface area contributed by atoms with Crippen LogP contribution in [0.4, 0.5) is 9.18 Å². The van der Waals surface area contributed by atoms with E-state index in [1.807, 2.05) is 33.9 Å². The average Bonchev–Trinajstić information content (AvgIpc) is 2.69. The van der Waals surface area contributed by atoms with E-state index in [1.165, 1.54) is 12.1 Å². The summed E-state index contributed by atoms with van der Waals surface area (Å²) in [4.78, 5) is 14.8. The summed E-state index contributed by atoms with van der Waals surface area (Å²) in [7, 11) is 0. The van der Waals surface area contributed by atoms with Gasteiger partial charge in [-0.25, -0.2) is 9.18 Å². The van der Waals surface area contributed by atoms with Crippen LogP contribution in [-0.4, -0.2) is 22.7 Å². The van der Waals surface area contributed by atoms with Crippen LogP contribution in [0.25, 0.3) is 10.9 Å². The minimum Gasteiger partial charge on any atom is -0.446 e. The van der Waals surface area contributed by atoms with Gasteiger partial charge in [0.25, 0.3) is 0 Å². The van der Waals surface area contributed by atoms with E-state index in [2.05, 4.69) is 10.3 Å². The van der Waals surface area contributed by atoms with Crippen molar-refractivity contribution in [3.63, 3.8) is 0 Å². The molecule has 0 aliphatic heterocycles. The van der Waals surface area contributed by atoms with E-state index < -0.39 is 6.09 Å². The van der Waals surface area contributed by atoms with Gasteiger partial charge in [0, 0.05) is 29.1 Å². The van der Waals surface area contributed by atoms with E-state index in [0.29, 0.717) is 6.42 Å². The molecular weight excluding hydrogens is 271 g/mol. The molecule has 1 aromatic heterocycles. The minimum atomic E-state index is -0.443. The first kappa shape index (κ1) is 15.4. The summed E-state index contributed by atoms with van der Waals surface area (Å²) in [5, 5.41) is 3.57. The largest absolute Gasteiger partial charge is 0.446 e. The van der Waals surface area contributed by atoms with Crippen molar-refractivity contribution in [2.24, 2.45) is 0 Å². The second-order valence-electron chi connectivity index (χ2n) is 6.30. The summed E-state index contributed by atoms with van der Waals surface area (Å²) in [6, 6.07) is 4.61. The van der Waals surface area contributed by atoms with Crippen LogP contribution < -0.4 is 5.32 Å². The number of amides is 1. The van der Waals surface area contributed by atoms with Crippen LogP contribution in [0.5, 0.6) is 0 Å². The topological polar surface area (TPSA) is 54.1 Å². The van der Waals surface area contributed by atoms with Crippen LogP contribution >= 0.6 is 0 Å². The number of carbonyl (C=O) groups is 1. The fourth-order valence-corrected chi connectivity index (χ4v) is 2.19. The number of H-pyrrole nitrogens is 1. The number of hydrogen-bond acceptors (Lipinski definition) is 2. The van der Waals surface area contributed by atoms with E-state index in [0.717, 1.165) is 16.5 Å². The van der Waals surface area contributed by atoms with Crippen molar-refractivity contribution in [2.45, 2.75) is 45.8 Å². The maximum Gasteiger partial charge on any atom is 0.407 e. The van der Waals surface area contributed by atoms with Crippen molar-refractivity contribution < 1.29 is 13.9 Å². The lowest BCUT2D eigenvalue weighted by Crippen LogP contribution is -2.42. The van der Waals surface area contributed by atoms with Gasteiger partial charge in [-0.15, -0.1) is 0 Å². The van der Waals surface area contributed by atoms with Gasteiger partial charge in [0.2, 0.25) is 0 Å². The van der Waals surface area contributed by atoms with Gasteiger partial charge in [-0.1, -0.05) is 0 Å². The van der Waals surface area contributed by atoms with Crippen molar-refractivity contribution in [2.75, 3.05) is 0 Å². The number of alkyl carbamates (subject to hydrolysis) is 1. The van der Waals surface area contributed by atoms with Crippen molar-refractivity contribution in [1.29, 1.82) is 0 Å². The molecule has 1 aromatic carbocycles. The third-order valence-corrected chi connectivity index (χ3v) is 3.02. The Morgan fingerprint density at radius 2 is 2.14 bits per heavy atom. The Morgan fingerprint density at radius 1 is 1.43 bits per heavy atom. The van der Waals surface area contributed by atoms with Crippen molar-refractivity contribution >= 4 is 17.0 Å². The Bertz CT molecular complexity index is 643. The summed E-state index contributed by atoms with van der Waals surface area (Å²) in [5.41, 5.74) is 1.47. The number of nitrogens with one attached hydrogen (secondary N) is 2. The SMILES string of the molecule is C[C@H](Cc1c[nH]c2ccc(F)cc12)OC(=O)NC(C)(C)C. The number of benzene rings is 1. The molecule has 114 valence electrons. The molecule has 0 aliphatic rings. The number of hydrogen-bond donors (Lipinski definition) is 2. The van der Waals surface area contributed by atoms with E-state index in [4.69, 9.17) is 4.74 Å². The number of fused-ring (bicyclic) bond motifs is 1. The lowest BCUT2D eigenvalue weighted by molar-refractivity contribution is 0.100. The van der Waals surface area contributed by atoms with E-state index in [9.17, 15) is 9.18 Å². The van der Waals surface area contributed by atoms with Gasteiger partial charge in [-0.05, 0) is 51.5 Å². The monoisotopic (exact) mass is 292 g/mol. The summed E-state index contributed by atoms with van der Waals surface area (Å²) in [6.45, 7) is 7.49. The zero-order valence-corrected chi connectivity index (χ0v) is 12.8. The molecule has 0 radical (unpaired) electrons. The van der Waals surface area contributed by atoms with Gasteiger partial charge in [0.15, 0.2) is 0 Å². The molecule has 1 amide bonds. The molecule has 0 aliphatic carbocycles. The van der Waals surface area contributed by atoms with Crippen molar-refractivity contribution in [3.05, 3.63) is 35.8 Å². The van der Waals surface area contributed by atoms with E-state index >= 15 is 0 Å². The van der Waals surface area contributed by atoms with Gasteiger partial charge in [-0.2, -0.15) is 0 Å². The number of aromatic nitrogens is 1. The highest BCUT2D eigenvalue weighted by Gasteiger charge is 2.18. The molecule has 0 saturated heterocycles. The lowest BCUT2D eigenvalue weighted by Gasteiger charge is -2.22. The number of ether oxygens (including phenoxy) is 1. The molecule has 0 saturated carbocycles. The number of halogens is 1. The molecule has 2 aromatic rings. The predicted octanol–water partition coefficient (Wildman–Crippen LogP) is 3.76. The molecule has 0 unspecified atom stereocenters. The normalized spacial score (nSPS) is 13.2. The van der Waals surface area contributed by atoms with Crippen LogP contribution in [0.15, 0.2) is 24.4 Å². The molecule has 0 fully saturated rings. The van der Waals surface area contributed by atoms with Crippen molar-refractivity contribution in [3.8, 4) is 0 Å². The minimum absolute atomic E-state index is 0.276. The molecule has 0 spiro atoms. The van der Waals surface area contributed by atoms with Crippen LogP contribution in [-0.2, 0) is 11.2 Å². The molecular formula is C16H21FN2O2. The highest BCUT2D eigenvalue weighted by atomic mass is 19.1. The molecule has 2 rings (SSSR count). The first-order valence-corrected chi connectivity index (χ1v) is 6.99. The average molecular weight is 292 g/mol. The Hall–Kier alpha value is -2.04. The fraction of sp³-hybridized carbons (Fsp3) is 0.438. The number of carbonyl (C=O) groups excluding carboxylic acids is 1. The van der Waals surface area contributed by atoms with Gasteiger partial charge in [0.05, 0.1) is 0 Å². The second kappa shape index (κ2) is 5.76. The first-order chi connectivity index (χ1) is 9.74. The molecule has 0 bridgehead atoms. The molecule has 21 heavy (non-hydrogen) atoms. The van der Waals surface area contributed by atoms with Crippen LogP contribution in [0.3, 0.4) is 0 Å². The highest BCUT2D eigenvalue weighted by Crippen LogP contribution is 2.21. The Morgan fingerprint density at radius 3 is 2.81 bits per heavy atom. The summed E-state index contributed by atoms with van der Waals surface area (Å²) >= 11 is 0. The summed E-state index contributed by atoms with van der Waals surface area (Å²) < 4.78 is 18.6. The molecule has 5 heteroatoms. The van der Waals surface area contributed by atoms with Crippen LogP contribution in [0, 0.1) is 5.82 Å². The van der Waals surface area contributed by atoms with E-state index in [-0.39, 0.29) is 17.5 Å². The van der Waals surface area contributed by atoms with E-state index in [1.54, 1.807) is 6.07 Å². The maximum atomic E-state index is 13.3. The standard InChI is InChI=1S/C16H21FN2O2/c1-10(21-15(20)19-16(2,3)4)7-11-9-18-14-6-5-12(17)8-13(11)14/h5-6,8-10,18H,7H2,1-4H3,(H,19,20)/t10-/m1/s1. The van der Waals surface area contributed by atoms with Gasteiger partial charge in [0.1, 0.15) is 11.9 Å². The third-order valence-electron chi connectivity index (χ3n) is 3.02. The molecule has 1 atom stereocenters. The number of rotatable bonds is 3. The Kier molecular flexibility index (Phi) is 4.21. The van der Waals surface area contributed by atoms with Crippen LogP contribution in [0.1, 0.15) is 33.3 Å². The smallest absolute Gasteiger partial charge is 0.407 e. The Labute approximate surface area is 123 Å².